The van der Waals surface area contributed by atoms with E-state index in [1.54, 1.807) is 0 Å². The first kappa shape index (κ1) is 19.4. The van der Waals surface area contributed by atoms with Gasteiger partial charge in [0.2, 0.25) is 11.8 Å². The first-order valence-corrected chi connectivity index (χ1v) is 11.9. The highest BCUT2D eigenvalue weighted by molar-refractivity contribution is 9.10. The molecule has 2 amide bonds. The van der Waals surface area contributed by atoms with Crippen LogP contribution in [-0.4, -0.2) is 11.8 Å². The average molecular weight is 537 g/mol. The summed E-state index contributed by atoms with van der Waals surface area (Å²) in [5.74, 6) is -1.37. The summed E-state index contributed by atoms with van der Waals surface area (Å²) in [5, 5.41) is 0. The van der Waals surface area contributed by atoms with Gasteiger partial charge in [0.1, 0.15) is 0 Å². The molecule has 3 nitrogen and oxygen atoms in total. The number of amides is 2. The molecule has 7 rings (SSSR count). The number of alkyl halides is 2. The number of nitrogens with zero attached hydrogens (tertiary/aromatic N) is 1. The lowest BCUT2D eigenvalue weighted by molar-refractivity contribution is -0.122. The highest BCUT2D eigenvalue weighted by Crippen LogP contribution is 2.70. The highest BCUT2D eigenvalue weighted by Gasteiger charge is 2.72. The molecule has 31 heavy (non-hydrogen) atoms. The maximum absolute atomic E-state index is 14.0. The van der Waals surface area contributed by atoms with E-state index in [-0.39, 0.29) is 11.8 Å². The van der Waals surface area contributed by atoms with E-state index in [9.17, 15) is 9.59 Å². The van der Waals surface area contributed by atoms with Crippen LogP contribution in [0.4, 0.5) is 5.69 Å². The molecule has 0 spiro atoms. The summed E-state index contributed by atoms with van der Waals surface area (Å²) in [6, 6.07) is 22.2. The van der Waals surface area contributed by atoms with Gasteiger partial charge in [-0.3, -0.25) is 9.59 Å². The minimum Gasteiger partial charge on any atom is -0.274 e. The second-order valence-electron chi connectivity index (χ2n) is 8.77. The van der Waals surface area contributed by atoms with Crippen molar-refractivity contribution in [3.05, 3.63) is 100 Å². The SMILES string of the molecule is Cc1ccc(N2C(=O)[C@@H]3[C@H](C2=O)C2(Br)c4ccccc4C3(Br)c3ccccc32)c(C)c1. The van der Waals surface area contributed by atoms with Crippen molar-refractivity contribution in [1.29, 1.82) is 0 Å². The fraction of sp³-hybridized carbons (Fsp3) is 0.231. The van der Waals surface area contributed by atoms with Crippen LogP contribution in [0.3, 0.4) is 0 Å². The Balaban J connectivity index is 1.66. The van der Waals surface area contributed by atoms with Gasteiger partial charge in [-0.05, 0) is 47.7 Å². The van der Waals surface area contributed by atoms with Crippen molar-refractivity contribution >= 4 is 49.4 Å². The van der Waals surface area contributed by atoms with Crippen LogP contribution in [-0.2, 0) is 18.2 Å². The minimum atomic E-state index is -0.750. The van der Waals surface area contributed by atoms with Gasteiger partial charge in [-0.1, -0.05) is 98.1 Å². The van der Waals surface area contributed by atoms with Crippen molar-refractivity contribution in [3.63, 3.8) is 0 Å². The Morgan fingerprint density at radius 1 is 0.710 bits per heavy atom. The van der Waals surface area contributed by atoms with E-state index in [1.165, 1.54) is 4.90 Å². The molecular formula is C26H19Br2NO2. The maximum Gasteiger partial charge on any atom is 0.239 e. The van der Waals surface area contributed by atoms with Crippen molar-refractivity contribution in [2.45, 2.75) is 22.5 Å². The first-order chi connectivity index (χ1) is 14.8. The van der Waals surface area contributed by atoms with Gasteiger partial charge in [0.25, 0.3) is 0 Å². The topological polar surface area (TPSA) is 37.4 Å². The van der Waals surface area contributed by atoms with Crippen molar-refractivity contribution < 1.29 is 9.59 Å². The monoisotopic (exact) mass is 535 g/mol. The summed E-state index contributed by atoms with van der Waals surface area (Å²) >= 11 is 8.08. The van der Waals surface area contributed by atoms with Crippen LogP contribution in [0.25, 0.3) is 0 Å². The second kappa shape index (κ2) is 6.17. The van der Waals surface area contributed by atoms with Gasteiger partial charge >= 0.3 is 0 Å². The smallest absolute Gasteiger partial charge is 0.239 e. The number of carbonyl (C=O) groups is 2. The summed E-state index contributed by atoms with van der Waals surface area (Å²) in [5.41, 5.74) is 6.91. The fourth-order valence-corrected chi connectivity index (χ4v) is 8.26. The van der Waals surface area contributed by atoms with Crippen LogP contribution < -0.4 is 4.90 Å². The van der Waals surface area contributed by atoms with Gasteiger partial charge in [0, 0.05) is 0 Å². The third-order valence-electron chi connectivity index (χ3n) is 7.18. The van der Waals surface area contributed by atoms with E-state index in [2.05, 4.69) is 56.1 Å². The number of hydrogen-bond acceptors (Lipinski definition) is 2. The van der Waals surface area contributed by atoms with Gasteiger partial charge in [0.15, 0.2) is 0 Å². The van der Waals surface area contributed by atoms with Gasteiger partial charge in [-0.25, -0.2) is 4.90 Å². The zero-order chi connectivity index (χ0) is 21.7. The number of imide groups is 1. The number of benzene rings is 3. The quantitative estimate of drug-likeness (QED) is 0.295. The Labute approximate surface area is 197 Å². The van der Waals surface area contributed by atoms with Gasteiger partial charge in [0.05, 0.1) is 26.2 Å². The van der Waals surface area contributed by atoms with Crippen LogP contribution in [0, 0.1) is 25.7 Å². The summed E-state index contributed by atoms with van der Waals surface area (Å²) < 4.78 is -1.50. The van der Waals surface area contributed by atoms with Crippen molar-refractivity contribution in [3.8, 4) is 0 Å². The molecule has 1 heterocycles. The molecule has 3 aromatic rings. The molecule has 154 valence electrons. The molecule has 0 N–H and O–H groups in total. The Bertz CT molecular complexity index is 1190. The molecule has 4 aliphatic rings. The lowest BCUT2D eigenvalue weighted by atomic mass is 9.54. The largest absolute Gasteiger partial charge is 0.274 e. The minimum absolute atomic E-state index is 0.147. The molecule has 5 heteroatoms. The van der Waals surface area contributed by atoms with Crippen LogP contribution in [0.5, 0.6) is 0 Å². The standard InChI is InChI=1S/C26H19Br2NO2/c1-14-11-12-20(15(2)13-14)29-23(30)21-22(24(29)31)26(28)17-8-4-3-7-16(17)25(21,27)18-9-5-6-10-19(18)26/h3-13,21-22H,1-2H3/t21-,22+,25?,26?. The molecule has 1 aliphatic heterocycles. The molecule has 0 unspecified atom stereocenters. The number of halogens is 2. The zero-order valence-corrected chi connectivity index (χ0v) is 20.2. The lowest BCUT2D eigenvalue weighted by Crippen LogP contribution is -2.56. The summed E-state index contributed by atoms with van der Waals surface area (Å²) in [4.78, 5) is 29.4. The summed E-state index contributed by atoms with van der Waals surface area (Å²) in [6.45, 7) is 3.97. The Hall–Kier alpha value is -2.24. The molecule has 2 atom stereocenters. The van der Waals surface area contributed by atoms with Crippen LogP contribution >= 0.6 is 31.9 Å². The summed E-state index contributed by atoms with van der Waals surface area (Å²) in [6.07, 6.45) is 0. The van der Waals surface area contributed by atoms with Crippen LogP contribution in [0.1, 0.15) is 33.4 Å². The number of carbonyl (C=O) groups excluding carboxylic acids is 2. The Kier molecular flexibility index (Phi) is 3.87. The summed E-state index contributed by atoms with van der Waals surface area (Å²) in [7, 11) is 0. The third-order valence-corrected chi connectivity index (χ3v) is 9.87. The van der Waals surface area contributed by atoms with Crippen molar-refractivity contribution in [1.82, 2.24) is 0 Å². The van der Waals surface area contributed by atoms with E-state index in [1.807, 2.05) is 56.3 Å². The third kappa shape index (κ3) is 2.14. The fourth-order valence-electron chi connectivity index (χ4n) is 5.96. The van der Waals surface area contributed by atoms with E-state index in [4.69, 9.17) is 0 Å². The van der Waals surface area contributed by atoms with E-state index in [0.717, 1.165) is 33.4 Å². The normalized spacial score (nSPS) is 30.3. The molecule has 3 aromatic carbocycles. The predicted molar refractivity (Wildman–Crippen MR) is 128 cm³/mol. The van der Waals surface area contributed by atoms with E-state index >= 15 is 0 Å². The highest BCUT2D eigenvalue weighted by atomic mass is 79.9. The van der Waals surface area contributed by atoms with Gasteiger partial charge in [-0.15, -0.1) is 0 Å². The van der Waals surface area contributed by atoms with Crippen molar-refractivity contribution in [2.24, 2.45) is 11.8 Å². The maximum atomic E-state index is 14.0. The molecule has 0 radical (unpaired) electrons. The van der Waals surface area contributed by atoms with Crippen LogP contribution in [0.15, 0.2) is 66.7 Å². The Morgan fingerprint density at radius 2 is 1.13 bits per heavy atom. The van der Waals surface area contributed by atoms with Gasteiger partial charge in [-0.2, -0.15) is 0 Å². The Morgan fingerprint density at radius 3 is 1.52 bits per heavy atom. The lowest BCUT2D eigenvalue weighted by Gasteiger charge is -2.55. The first-order valence-electron chi connectivity index (χ1n) is 10.3. The van der Waals surface area contributed by atoms with Crippen LogP contribution in [0.2, 0.25) is 0 Å². The average Bonchev–Trinajstić information content (AvgIpc) is 3.04. The number of anilines is 1. The second-order valence-corrected chi connectivity index (χ2v) is 11.3. The molecule has 3 aliphatic carbocycles. The number of rotatable bonds is 1. The molecule has 0 saturated carbocycles. The van der Waals surface area contributed by atoms with Crippen molar-refractivity contribution in [2.75, 3.05) is 4.90 Å². The van der Waals surface area contributed by atoms with E-state index < -0.39 is 20.5 Å². The molecule has 1 saturated heterocycles. The zero-order valence-electron chi connectivity index (χ0n) is 17.0. The van der Waals surface area contributed by atoms with Gasteiger partial charge < -0.3 is 0 Å². The van der Waals surface area contributed by atoms with E-state index in [0.29, 0.717) is 5.69 Å². The molecule has 0 aromatic heterocycles. The molecular weight excluding hydrogens is 518 g/mol. The molecule has 1 fully saturated rings. The number of hydrogen-bond donors (Lipinski definition) is 0. The molecule has 2 bridgehead atoms. The predicted octanol–water partition coefficient (Wildman–Crippen LogP) is 5.71. The number of aryl methyl sites for hydroxylation is 2.